The standard InChI is InChI=1S/C15H21N3O2/c1-4-7-18-11-12(10-17-18)9-16-13-5-6-14(19-2)15(8-13)20-3/h5-6,8,10-11,16H,4,7,9H2,1-3H3. The number of ether oxygens (including phenoxy) is 2. The third-order valence-corrected chi connectivity index (χ3v) is 3.02. The molecular weight excluding hydrogens is 254 g/mol. The molecule has 0 saturated heterocycles. The van der Waals surface area contributed by atoms with Crippen molar-refractivity contribution in [2.75, 3.05) is 19.5 Å². The average molecular weight is 275 g/mol. The average Bonchev–Trinajstić information content (AvgIpc) is 2.93. The first-order chi connectivity index (χ1) is 9.76. The van der Waals surface area contributed by atoms with E-state index in [1.165, 1.54) is 0 Å². The second-order valence-corrected chi connectivity index (χ2v) is 4.53. The number of methoxy groups -OCH3 is 2. The Morgan fingerprint density at radius 2 is 2.00 bits per heavy atom. The molecule has 0 aliphatic carbocycles. The van der Waals surface area contributed by atoms with Crippen LogP contribution < -0.4 is 14.8 Å². The maximum Gasteiger partial charge on any atom is 0.162 e. The quantitative estimate of drug-likeness (QED) is 0.844. The van der Waals surface area contributed by atoms with Crippen molar-refractivity contribution in [2.24, 2.45) is 0 Å². The van der Waals surface area contributed by atoms with Gasteiger partial charge in [0.1, 0.15) is 0 Å². The Labute approximate surface area is 119 Å². The van der Waals surface area contributed by atoms with Crippen molar-refractivity contribution in [1.29, 1.82) is 0 Å². The van der Waals surface area contributed by atoms with Crippen LogP contribution >= 0.6 is 0 Å². The second-order valence-electron chi connectivity index (χ2n) is 4.53. The fraction of sp³-hybridized carbons (Fsp3) is 0.400. The Kier molecular flexibility index (Phi) is 4.87. The highest BCUT2D eigenvalue weighted by Crippen LogP contribution is 2.29. The molecular formula is C15H21N3O2. The van der Waals surface area contributed by atoms with E-state index in [9.17, 15) is 0 Å². The summed E-state index contributed by atoms with van der Waals surface area (Å²) in [4.78, 5) is 0. The summed E-state index contributed by atoms with van der Waals surface area (Å²) in [5.74, 6) is 1.45. The van der Waals surface area contributed by atoms with Crippen molar-refractivity contribution < 1.29 is 9.47 Å². The topological polar surface area (TPSA) is 48.3 Å². The largest absolute Gasteiger partial charge is 0.493 e. The van der Waals surface area contributed by atoms with Gasteiger partial charge in [-0.2, -0.15) is 5.10 Å². The predicted molar refractivity (Wildman–Crippen MR) is 79.4 cm³/mol. The fourth-order valence-electron chi connectivity index (χ4n) is 2.00. The van der Waals surface area contributed by atoms with Crippen LogP contribution in [0.15, 0.2) is 30.6 Å². The van der Waals surface area contributed by atoms with Crippen molar-refractivity contribution in [1.82, 2.24) is 9.78 Å². The van der Waals surface area contributed by atoms with E-state index in [4.69, 9.17) is 9.47 Å². The SMILES string of the molecule is CCCn1cc(CNc2ccc(OC)c(OC)c2)cn1. The zero-order valence-corrected chi connectivity index (χ0v) is 12.2. The highest BCUT2D eigenvalue weighted by molar-refractivity contribution is 5.54. The first kappa shape index (κ1) is 14.2. The van der Waals surface area contributed by atoms with Gasteiger partial charge in [0.2, 0.25) is 0 Å². The Balaban J connectivity index is 1.99. The van der Waals surface area contributed by atoms with Gasteiger partial charge in [-0.05, 0) is 18.6 Å². The van der Waals surface area contributed by atoms with E-state index in [2.05, 4.69) is 23.5 Å². The van der Waals surface area contributed by atoms with Crippen molar-refractivity contribution in [3.63, 3.8) is 0 Å². The van der Waals surface area contributed by atoms with Crippen LogP contribution in [-0.4, -0.2) is 24.0 Å². The first-order valence-electron chi connectivity index (χ1n) is 6.74. The van der Waals surface area contributed by atoms with Crippen LogP contribution in [0, 0.1) is 0 Å². The summed E-state index contributed by atoms with van der Waals surface area (Å²) < 4.78 is 12.5. The molecule has 0 fully saturated rings. The van der Waals surface area contributed by atoms with Gasteiger partial charge < -0.3 is 14.8 Å². The lowest BCUT2D eigenvalue weighted by Crippen LogP contribution is -2.00. The Morgan fingerprint density at radius 3 is 2.70 bits per heavy atom. The molecule has 0 amide bonds. The van der Waals surface area contributed by atoms with Gasteiger partial charge in [0.15, 0.2) is 11.5 Å². The number of nitrogens with zero attached hydrogens (tertiary/aromatic N) is 2. The van der Waals surface area contributed by atoms with Gasteiger partial charge in [-0.15, -0.1) is 0 Å². The predicted octanol–water partition coefficient (Wildman–Crippen LogP) is 2.92. The molecule has 108 valence electrons. The molecule has 0 aliphatic heterocycles. The lowest BCUT2D eigenvalue weighted by atomic mass is 10.2. The summed E-state index contributed by atoms with van der Waals surface area (Å²) in [6.45, 7) is 3.83. The number of nitrogens with one attached hydrogen (secondary N) is 1. The van der Waals surface area contributed by atoms with E-state index < -0.39 is 0 Å². The normalized spacial score (nSPS) is 10.3. The Morgan fingerprint density at radius 1 is 1.20 bits per heavy atom. The minimum atomic E-state index is 0.721. The maximum absolute atomic E-state index is 5.28. The lowest BCUT2D eigenvalue weighted by Gasteiger charge is -2.10. The van der Waals surface area contributed by atoms with Gasteiger partial charge in [-0.1, -0.05) is 6.92 Å². The summed E-state index contributed by atoms with van der Waals surface area (Å²) in [5, 5.41) is 7.66. The molecule has 20 heavy (non-hydrogen) atoms. The smallest absolute Gasteiger partial charge is 0.162 e. The number of benzene rings is 1. The van der Waals surface area contributed by atoms with E-state index in [1.807, 2.05) is 29.1 Å². The molecule has 1 aromatic heterocycles. The van der Waals surface area contributed by atoms with Crippen LogP contribution in [0.2, 0.25) is 0 Å². The third-order valence-electron chi connectivity index (χ3n) is 3.02. The molecule has 5 heteroatoms. The Bertz CT molecular complexity index is 552. The summed E-state index contributed by atoms with van der Waals surface area (Å²) in [7, 11) is 3.27. The van der Waals surface area contributed by atoms with E-state index >= 15 is 0 Å². The minimum Gasteiger partial charge on any atom is -0.493 e. The van der Waals surface area contributed by atoms with Gasteiger partial charge in [-0.3, -0.25) is 4.68 Å². The number of anilines is 1. The zero-order chi connectivity index (χ0) is 14.4. The van der Waals surface area contributed by atoms with Crippen LogP contribution in [0.25, 0.3) is 0 Å². The number of aryl methyl sites for hydroxylation is 1. The molecule has 1 heterocycles. The summed E-state index contributed by atoms with van der Waals surface area (Å²) in [6, 6.07) is 5.79. The molecule has 1 aromatic carbocycles. The fourth-order valence-corrected chi connectivity index (χ4v) is 2.00. The third kappa shape index (κ3) is 3.44. The maximum atomic E-state index is 5.28. The monoisotopic (exact) mass is 275 g/mol. The highest BCUT2D eigenvalue weighted by Gasteiger charge is 2.04. The van der Waals surface area contributed by atoms with Gasteiger partial charge in [0, 0.05) is 36.6 Å². The van der Waals surface area contributed by atoms with Gasteiger partial charge >= 0.3 is 0 Å². The number of rotatable bonds is 7. The molecule has 0 unspecified atom stereocenters. The zero-order valence-electron chi connectivity index (χ0n) is 12.2. The van der Waals surface area contributed by atoms with Crippen molar-refractivity contribution in [2.45, 2.75) is 26.4 Å². The molecule has 0 atom stereocenters. The highest BCUT2D eigenvalue weighted by atomic mass is 16.5. The molecule has 5 nitrogen and oxygen atoms in total. The summed E-state index contributed by atoms with van der Waals surface area (Å²) in [5.41, 5.74) is 2.15. The van der Waals surface area contributed by atoms with E-state index in [0.29, 0.717) is 0 Å². The van der Waals surface area contributed by atoms with Gasteiger partial charge in [0.25, 0.3) is 0 Å². The number of hydrogen-bond donors (Lipinski definition) is 1. The van der Waals surface area contributed by atoms with Crippen LogP contribution in [-0.2, 0) is 13.1 Å². The van der Waals surface area contributed by atoms with E-state index in [0.717, 1.165) is 42.3 Å². The van der Waals surface area contributed by atoms with E-state index in [1.54, 1.807) is 14.2 Å². The summed E-state index contributed by atoms with van der Waals surface area (Å²) >= 11 is 0. The van der Waals surface area contributed by atoms with Crippen LogP contribution in [0.1, 0.15) is 18.9 Å². The van der Waals surface area contributed by atoms with E-state index in [-0.39, 0.29) is 0 Å². The molecule has 0 radical (unpaired) electrons. The minimum absolute atomic E-state index is 0.721. The van der Waals surface area contributed by atoms with Crippen molar-refractivity contribution in [3.8, 4) is 11.5 Å². The molecule has 1 N–H and O–H groups in total. The van der Waals surface area contributed by atoms with Gasteiger partial charge in [-0.25, -0.2) is 0 Å². The summed E-state index contributed by atoms with van der Waals surface area (Å²) in [6.07, 6.45) is 5.05. The van der Waals surface area contributed by atoms with Crippen molar-refractivity contribution in [3.05, 3.63) is 36.2 Å². The molecule has 0 bridgehead atoms. The number of hydrogen-bond acceptors (Lipinski definition) is 4. The molecule has 2 rings (SSSR count). The lowest BCUT2D eigenvalue weighted by molar-refractivity contribution is 0.355. The van der Waals surface area contributed by atoms with Crippen LogP contribution in [0.3, 0.4) is 0 Å². The molecule has 0 spiro atoms. The van der Waals surface area contributed by atoms with Crippen LogP contribution in [0.4, 0.5) is 5.69 Å². The molecule has 2 aromatic rings. The van der Waals surface area contributed by atoms with Gasteiger partial charge in [0.05, 0.1) is 20.4 Å². The molecule has 0 aliphatic rings. The van der Waals surface area contributed by atoms with Crippen molar-refractivity contribution >= 4 is 5.69 Å². The Hall–Kier alpha value is -2.17. The first-order valence-corrected chi connectivity index (χ1v) is 6.74. The molecule has 0 saturated carbocycles. The number of aromatic nitrogens is 2. The van der Waals surface area contributed by atoms with Crippen LogP contribution in [0.5, 0.6) is 11.5 Å². The second kappa shape index (κ2) is 6.84.